The third kappa shape index (κ3) is 4.25. The van der Waals surface area contributed by atoms with Gasteiger partial charge in [0.05, 0.1) is 11.0 Å². The van der Waals surface area contributed by atoms with Crippen molar-refractivity contribution < 1.29 is 10.0 Å². The topological polar surface area (TPSA) is 75.4 Å². The smallest absolute Gasteiger partial charge is 0.269 e. The molecule has 116 valence electrons. The Morgan fingerprint density at radius 3 is 2.52 bits per heavy atom. The van der Waals surface area contributed by atoms with Crippen molar-refractivity contribution in [2.45, 2.75) is 45.3 Å². The van der Waals surface area contributed by atoms with E-state index in [1.807, 2.05) is 0 Å². The average Bonchev–Trinajstić information content (AvgIpc) is 2.48. The molecule has 0 radical (unpaired) electrons. The van der Waals surface area contributed by atoms with Gasteiger partial charge in [-0.25, -0.2) is 0 Å². The maximum absolute atomic E-state index is 10.6. The predicted octanol–water partition coefficient (Wildman–Crippen LogP) is 3.04. The van der Waals surface area contributed by atoms with Crippen molar-refractivity contribution >= 4 is 5.69 Å². The first-order valence-electron chi connectivity index (χ1n) is 7.63. The number of nitrogens with one attached hydrogen (secondary N) is 1. The van der Waals surface area contributed by atoms with Crippen molar-refractivity contribution in [1.82, 2.24) is 5.32 Å². The molecule has 0 aliphatic heterocycles. The number of aliphatic hydroxyl groups excluding tert-OH is 1. The minimum Gasteiger partial charge on any atom is -0.387 e. The van der Waals surface area contributed by atoms with Crippen molar-refractivity contribution in [3.8, 4) is 0 Å². The van der Waals surface area contributed by atoms with Crippen LogP contribution in [0.2, 0.25) is 0 Å². The molecule has 0 saturated heterocycles. The van der Waals surface area contributed by atoms with Crippen LogP contribution < -0.4 is 5.32 Å². The van der Waals surface area contributed by atoms with Gasteiger partial charge in [-0.2, -0.15) is 0 Å². The molecule has 21 heavy (non-hydrogen) atoms. The van der Waals surface area contributed by atoms with E-state index >= 15 is 0 Å². The summed E-state index contributed by atoms with van der Waals surface area (Å²) in [5.41, 5.74) is 0.763. The molecule has 4 unspecified atom stereocenters. The van der Waals surface area contributed by atoms with E-state index in [-0.39, 0.29) is 5.69 Å². The van der Waals surface area contributed by atoms with Crippen LogP contribution in [-0.4, -0.2) is 22.6 Å². The van der Waals surface area contributed by atoms with E-state index in [4.69, 9.17) is 0 Å². The van der Waals surface area contributed by atoms with Gasteiger partial charge in [-0.3, -0.25) is 10.1 Å². The summed E-state index contributed by atoms with van der Waals surface area (Å²) in [7, 11) is 0. The molecular weight excluding hydrogens is 268 g/mol. The Morgan fingerprint density at radius 2 is 1.95 bits per heavy atom. The van der Waals surface area contributed by atoms with E-state index in [9.17, 15) is 15.2 Å². The molecule has 2 N–H and O–H groups in total. The number of aliphatic hydroxyl groups is 1. The molecular formula is C16H24N2O3. The number of nitrogens with zero attached hydrogens (tertiary/aromatic N) is 1. The van der Waals surface area contributed by atoms with E-state index in [0.29, 0.717) is 24.1 Å². The summed E-state index contributed by atoms with van der Waals surface area (Å²) in [6.07, 6.45) is 2.90. The van der Waals surface area contributed by atoms with E-state index in [0.717, 1.165) is 18.8 Å². The van der Waals surface area contributed by atoms with Crippen LogP contribution in [0.5, 0.6) is 0 Å². The van der Waals surface area contributed by atoms with Crippen molar-refractivity contribution in [1.29, 1.82) is 0 Å². The quantitative estimate of drug-likeness (QED) is 0.646. The fraction of sp³-hybridized carbons (Fsp3) is 0.625. The first-order valence-corrected chi connectivity index (χ1v) is 7.63. The van der Waals surface area contributed by atoms with Crippen molar-refractivity contribution in [2.24, 2.45) is 11.8 Å². The van der Waals surface area contributed by atoms with Gasteiger partial charge in [0.2, 0.25) is 0 Å². The second-order valence-electron chi connectivity index (χ2n) is 6.24. The highest BCUT2D eigenvalue weighted by Gasteiger charge is 2.24. The summed E-state index contributed by atoms with van der Waals surface area (Å²) in [5.74, 6) is 1.50. The standard InChI is InChI=1S/C16H24N2O3/c1-11-3-6-14(9-12(11)2)17-10-16(19)13-4-7-15(8-5-13)18(20)21/h4-5,7-8,11-12,14,16-17,19H,3,6,9-10H2,1-2H3. The number of nitro benzene ring substituents is 1. The third-order valence-electron chi connectivity index (χ3n) is 4.69. The summed E-state index contributed by atoms with van der Waals surface area (Å²) in [4.78, 5) is 10.2. The van der Waals surface area contributed by atoms with Crippen molar-refractivity contribution in [3.05, 3.63) is 39.9 Å². The van der Waals surface area contributed by atoms with Crippen LogP contribution in [0.3, 0.4) is 0 Å². The van der Waals surface area contributed by atoms with E-state index in [1.54, 1.807) is 12.1 Å². The van der Waals surface area contributed by atoms with Crippen LogP contribution in [-0.2, 0) is 0 Å². The molecule has 5 heteroatoms. The number of nitro groups is 1. The highest BCUT2D eigenvalue weighted by Crippen LogP contribution is 2.29. The van der Waals surface area contributed by atoms with Crippen LogP contribution in [0.15, 0.2) is 24.3 Å². The maximum atomic E-state index is 10.6. The first-order chi connectivity index (χ1) is 9.97. The minimum atomic E-state index is -0.625. The number of benzene rings is 1. The number of non-ortho nitro benzene ring substituents is 1. The Kier molecular flexibility index (Phi) is 5.31. The van der Waals surface area contributed by atoms with Gasteiger partial charge in [0, 0.05) is 24.7 Å². The summed E-state index contributed by atoms with van der Waals surface area (Å²) in [6, 6.07) is 6.57. The molecule has 1 aliphatic rings. The van der Waals surface area contributed by atoms with Gasteiger partial charge in [0.15, 0.2) is 0 Å². The lowest BCUT2D eigenvalue weighted by molar-refractivity contribution is -0.384. The predicted molar refractivity (Wildman–Crippen MR) is 82.0 cm³/mol. The van der Waals surface area contributed by atoms with Gasteiger partial charge in [-0.15, -0.1) is 0 Å². The highest BCUT2D eigenvalue weighted by molar-refractivity contribution is 5.33. The van der Waals surface area contributed by atoms with Crippen LogP contribution >= 0.6 is 0 Å². The summed E-state index contributed by atoms with van der Waals surface area (Å²) in [6.45, 7) is 5.07. The first kappa shape index (κ1) is 15.9. The van der Waals surface area contributed by atoms with Crippen LogP contribution in [0.4, 0.5) is 5.69 Å². The Morgan fingerprint density at radius 1 is 1.29 bits per heavy atom. The Balaban J connectivity index is 1.84. The second kappa shape index (κ2) is 7.00. The molecule has 1 fully saturated rings. The molecule has 1 aromatic rings. The fourth-order valence-corrected chi connectivity index (χ4v) is 2.95. The molecule has 0 bridgehead atoms. The van der Waals surface area contributed by atoms with Crippen LogP contribution in [0.25, 0.3) is 0 Å². The van der Waals surface area contributed by atoms with Crippen LogP contribution in [0.1, 0.15) is 44.8 Å². The Labute approximate surface area is 125 Å². The molecule has 1 saturated carbocycles. The minimum absolute atomic E-state index is 0.0500. The molecule has 0 amide bonds. The molecule has 1 aromatic carbocycles. The second-order valence-corrected chi connectivity index (χ2v) is 6.24. The molecule has 0 heterocycles. The van der Waals surface area contributed by atoms with Gasteiger partial charge < -0.3 is 10.4 Å². The van der Waals surface area contributed by atoms with Crippen molar-refractivity contribution in [2.75, 3.05) is 6.54 Å². The molecule has 0 aromatic heterocycles. The Hall–Kier alpha value is -1.46. The SMILES string of the molecule is CC1CCC(NCC(O)c2ccc([N+](=O)[O-])cc2)CC1C. The summed E-state index contributed by atoms with van der Waals surface area (Å²) in [5, 5.41) is 24.2. The molecule has 0 spiro atoms. The molecule has 1 aliphatic carbocycles. The number of rotatable bonds is 5. The van der Waals surface area contributed by atoms with E-state index in [2.05, 4.69) is 19.2 Å². The van der Waals surface area contributed by atoms with Gasteiger partial charge in [-0.05, 0) is 48.8 Å². The zero-order valence-corrected chi connectivity index (χ0v) is 12.7. The van der Waals surface area contributed by atoms with Gasteiger partial charge in [0.1, 0.15) is 0 Å². The molecule has 2 rings (SSSR count). The number of hydrogen-bond donors (Lipinski definition) is 2. The number of hydrogen-bond acceptors (Lipinski definition) is 4. The van der Waals surface area contributed by atoms with Crippen molar-refractivity contribution in [3.63, 3.8) is 0 Å². The third-order valence-corrected chi connectivity index (χ3v) is 4.69. The van der Waals surface area contributed by atoms with Crippen LogP contribution in [0, 0.1) is 22.0 Å². The summed E-state index contributed by atoms with van der Waals surface area (Å²) < 4.78 is 0. The lowest BCUT2D eigenvalue weighted by Crippen LogP contribution is -2.38. The normalized spacial score (nSPS) is 27.3. The zero-order valence-electron chi connectivity index (χ0n) is 12.7. The van der Waals surface area contributed by atoms with E-state index < -0.39 is 11.0 Å². The maximum Gasteiger partial charge on any atom is 0.269 e. The Bertz CT molecular complexity index is 475. The largest absolute Gasteiger partial charge is 0.387 e. The lowest BCUT2D eigenvalue weighted by Gasteiger charge is -2.33. The lowest BCUT2D eigenvalue weighted by atomic mass is 9.79. The summed E-state index contributed by atoms with van der Waals surface area (Å²) >= 11 is 0. The monoisotopic (exact) mass is 292 g/mol. The highest BCUT2D eigenvalue weighted by atomic mass is 16.6. The van der Waals surface area contributed by atoms with E-state index in [1.165, 1.54) is 18.6 Å². The molecule has 5 nitrogen and oxygen atoms in total. The van der Waals surface area contributed by atoms with Gasteiger partial charge in [-0.1, -0.05) is 13.8 Å². The average molecular weight is 292 g/mol. The molecule has 4 atom stereocenters. The zero-order chi connectivity index (χ0) is 15.4. The van der Waals surface area contributed by atoms with Gasteiger partial charge in [0.25, 0.3) is 5.69 Å². The fourth-order valence-electron chi connectivity index (χ4n) is 2.95. The van der Waals surface area contributed by atoms with Gasteiger partial charge >= 0.3 is 0 Å².